The second-order valence-corrected chi connectivity index (χ2v) is 5.64. The summed E-state index contributed by atoms with van der Waals surface area (Å²) in [6.45, 7) is 6.57. The van der Waals surface area contributed by atoms with E-state index in [1.165, 1.54) is 0 Å². The Hall–Kier alpha value is -1.26. The van der Waals surface area contributed by atoms with Crippen LogP contribution in [0, 0.1) is 5.92 Å². The summed E-state index contributed by atoms with van der Waals surface area (Å²) < 4.78 is 5.27. The van der Waals surface area contributed by atoms with Gasteiger partial charge in [-0.1, -0.05) is 0 Å². The lowest BCUT2D eigenvalue weighted by Gasteiger charge is -2.24. The van der Waals surface area contributed by atoms with Crippen LogP contribution in [0.1, 0.15) is 27.2 Å². The SMILES string of the molecule is CN(C)C(=O)C1CCN(C(=O)OC(C)(C)C)C1. The van der Waals surface area contributed by atoms with E-state index >= 15 is 0 Å². The topological polar surface area (TPSA) is 49.9 Å². The van der Waals surface area contributed by atoms with E-state index in [2.05, 4.69) is 0 Å². The van der Waals surface area contributed by atoms with Gasteiger partial charge in [-0.3, -0.25) is 4.79 Å². The standard InChI is InChI=1S/C12H22N2O3/c1-12(2,3)17-11(16)14-7-6-9(8-14)10(15)13(4)5/h9H,6-8H2,1-5H3. The number of amides is 2. The molecule has 0 aliphatic carbocycles. The highest BCUT2D eigenvalue weighted by molar-refractivity contribution is 5.80. The number of likely N-dealkylation sites (tertiary alicyclic amines) is 1. The number of nitrogens with zero attached hydrogens (tertiary/aromatic N) is 2. The Labute approximate surface area is 103 Å². The minimum Gasteiger partial charge on any atom is -0.444 e. The number of carbonyl (C=O) groups excluding carboxylic acids is 2. The monoisotopic (exact) mass is 242 g/mol. The predicted octanol–water partition coefficient (Wildman–Crippen LogP) is 1.33. The molecule has 1 aliphatic rings. The first kappa shape index (κ1) is 13.8. The van der Waals surface area contributed by atoms with E-state index in [0.717, 1.165) is 6.42 Å². The zero-order valence-electron chi connectivity index (χ0n) is 11.3. The van der Waals surface area contributed by atoms with Crippen molar-refractivity contribution >= 4 is 12.0 Å². The molecule has 0 radical (unpaired) electrons. The lowest BCUT2D eigenvalue weighted by atomic mass is 10.1. The fourth-order valence-corrected chi connectivity index (χ4v) is 1.82. The fourth-order valence-electron chi connectivity index (χ4n) is 1.82. The van der Waals surface area contributed by atoms with E-state index in [-0.39, 0.29) is 17.9 Å². The maximum Gasteiger partial charge on any atom is 0.410 e. The van der Waals surface area contributed by atoms with Crippen molar-refractivity contribution in [3.8, 4) is 0 Å². The van der Waals surface area contributed by atoms with Crippen LogP contribution < -0.4 is 0 Å². The molecule has 0 aromatic carbocycles. The van der Waals surface area contributed by atoms with Gasteiger partial charge in [-0.05, 0) is 27.2 Å². The Bertz CT molecular complexity index is 307. The summed E-state index contributed by atoms with van der Waals surface area (Å²) >= 11 is 0. The molecule has 0 aromatic heterocycles. The first-order chi connectivity index (χ1) is 7.70. The Morgan fingerprint density at radius 1 is 1.29 bits per heavy atom. The summed E-state index contributed by atoms with van der Waals surface area (Å²) in [5.74, 6) is -0.00595. The van der Waals surface area contributed by atoms with Crippen LogP contribution in [0.15, 0.2) is 0 Å². The second-order valence-electron chi connectivity index (χ2n) is 5.64. The third-order valence-electron chi connectivity index (χ3n) is 2.63. The van der Waals surface area contributed by atoms with E-state index in [0.29, 0.717) is 13.1 Å². The fraction of sp³-hybridized carbons (Fsp3) is 0.833. The van der Waals surface area contributed by atoms with Crippen LogP contribution in [-0.2, 0) is 9.53 Å². The highest BCUT2D eigenvalue weighted by Gasteiger charge is 2.33. The van der Waals surface area contributed by atoms with E-state index in [1.807, 2.05) is 20.8 Å². The van der Waals surface area contributed by atoms with Gasteiger partial charge in [-0.2, -0.15) is 0 Å². The molecule has 5 nitrogen and oxygen atoms in total. The van der Waals surface area contributed by atoms with E-state index in [1.54, 1.807) is 23.9 Å². The van der Waals surface area contributed by atoms with Crippen molar-refractivity contribution in [3.05, 3.63) is 0 Å². The number of carbonyl (C=O) groups is 2. The maximum absolute atomic E-state index is 11.8. The quantitative estimate of drug-likeness (QED) is 0.697. The van der Waals surface area contributed by atoms with Gasteiger partial charge >= 0.3 is 6.09 Å². The molecule has 98 valence electrons. The van der Waals surface area contributed by atoms with Crippen LogP contribution in [0.5, 0.6) is 0 Å². The van der Waals surface area contributed by atoms with Gasteiger partial charge in [0.1, 0.15) is 5.60 Å². The van der Waals surface area contributed by atoms with Crippen molar-refractivity contribution in [3.63, 3.8) is 0 Å². The van der Waals surface area contributed by atoms with E-state index in [9.17, 15) is 9.59 Å². The van der Waals surface area contributed by atoms with Crippen LogP contribution in [0.4, 0.5) is 4.79 Å². The first-order valence-corrected chi connectivity index (χ1v) is 5.90. The summed E-state index contributed by atoms with van der Waals surface area (Å²) in [6, 6.07) is 0. The molecule has 1 fully saturated rings. The number of rotatable bonds is 1. The first-order valence-electron chi connectivity index (χ1n) is 5.90. The Morgan fingerprint density at radius 2 is 1.88 bits per heavy atom. The lowest BCUT2D eigenvalue weighted by Crippen LogP contribution is -2.37. The summed E-state index contributed by atoms with van der Waals surface area (Å²) in [5, 5.41) is 0. The highest BCUT2D eigenvalue weighted by atomic mass is 16.6. The molecule has 2 amide bonds. The molecule has 1 saturated heterocycles. The Morgan fingerprint density at radius 3 is 2.35 bits per heavy atom. The molecule has 1 rings (SSSR count). The lowest BCUT2D eigenvalue weighted by molar-refractivity contribution is -0.132. The predicted molar refractivity (Wildman–Crippen MR) is 64.6 cm³/mol. The summed E-state index contributed by atoms with van der Waals surface area (Å²) in [6.07, 6.45) is 0.391. The maximum atomic E-state index is 11.8. The molecule has 0 spiro atoms. The normalized spacial score (nSPS) is 20.3. The van der Waals surface area contributed by atoms with Crippen molar-refractivity contribution < 1.29 is 14.3 Å². The van der Waals surface area contributed by atoms with Gasteiger partial charge in [0.05, 0.1) is 5.92 Å². The third-order valence-corrected chi connectivity index (χ3v) is 2.63. The average molecular weight is 242 g/mol. The molecule has 0 bridgehead atoms. The molecular formula is C12H22N2O3. The largest absolute Gasteiger partial charge is 0.444 e. The molecule has 17 heavy (non-hydrogen) atoms. The summed E-state index contributed by atoms with van der Waals surface area (Å²) in [7, 11) is 3.47. The molecule has 1 heterocycles. The van der Waals surface area contributed by atoms with Crippen LogP contribution in [0.3, 0.4) is 0 Å². The van der Waals surface area contributed by atoms with Gasteiger partial charge in [0, 0.05) is 27.2 Å². The minimum absolute atomic E-state index is 0.0797. The summed E-state index contributed by atoms with van der Waals surface area (Å²) in [5.41, 5.74) is -0.485. The van der Waals surface area contributed by atoms with Gasteiger partial charge < -0.3 is 14.5 Å². The number of ether oxygens (including phenoxy) is 1. The second kappa shape index (κ2) is 4.94. The van der Waals surface area contributed by atoms with Crippen molar-refractivity contribution in [1.29, 1.82) is 0 Å². The number of hydrogen-bond acceptors (Lipinski definition) is 3. The van der Waals surface area contributed by atoms with E-state index in [4.69, 9.17) is 4.74 Å². The van der Waals surface area contributed by atoms with Gasteiger partial charge in [0.15, 0.2) is 0 Å². The molecule has 0 aromatic rings. The highest BCUT2D eigenvalue weighted by Crippen LogP contribution is 2.20. The third kappa shape index (κ3) is 3.91. The molecule has 0 saturated carbocycles. The van der Waals surface area contributed by atoms with Gasteiger partial charge in [0.25, 0.3) is 0 Å². The Kier molecular flexibility index (Phi) is 4.01. The molecule has 1 aliphatic heterocycles. The molecule has 5 heteroatoms. The molecular weight excluding hydrogens is 220 g/mol. The van der Waals surface area contributed by atoms with Gasteiger partial charge in [0.2, 0.25) is 5.91 Å². The average Bonchev–Trinajstić information content (AvgIpc) is 2.62. The van der Waals surface area contributed by atoms with Gasteiger partial charge in [-0.15, -0.1) is 0 Å². The molecule has 1 atom stereocenters. The smallest absolute Gasteiger partial charge is 0.410 e. The Balaban J connectivity index is 2.51. The summed E-state index contributed by atoms with van der Waals surface area (Å²) in [4.78, 5) is 26.7. The molecule has 0 N–H and O–H groups in total. The number of hydrogen-bond donors (Lipinski definition) is 0. The van der Waals surface area contributed by atoms with Crippen molar-refractivity contribution in [1.82, 2.24) is 9.80 Å². The van der Waals surface area contributed by atoms with Crippen molar-refractivity contribution in [2.75, 3.05) is 27.2 Å². The minimum atomic E-state index is -0.485. The van der Waals surface area contributed by atoms with Crippen LogP contribution in [0.2, 0.25) is 0 Å². The van der Waals surface area contributed by atoms with Gasteiger partial charge in [-0.25, -0.2) is 4.79 Å². The molecule has 1 unspecified atom stereocenters. The van der Waals surface area contributed by atoms with Crippen molar-refractivity contribution in [2.24, 2.45) is 5.92 Å². The zero-order valence-corrected chi connectivity index (χ0v) is 11.3. The van der Waals surface area contributed by atoms with Crippen molar-refractivity contribution in [2.45, 2.75) is 32.8 Å². The van der Waals surface area contributed by atoms with Crippen LogP contribution in [0.25, 0.3) is 0 Å². The van der Waals surface area contributed by atoms with Crippen LogP contribution >= 0.6 is 0 Å². The van der Waals surface area contributed by atoms with E-state index < -0.39 is 5.60 Å². The zero-order chi connectivity index (χ0) is 13.2. The van der Waals surface area contributed by atoms with Crippen LogP contribution in [-0.4, -0.2) is 54.6 Å².